The van der Waals surface area contributed by atoms with Gasteiger partial charge in [-0.25, -0.2) is 4.79 Å². The van der Waals surface area contributed by atoms with E-state index in [1.807, 2.05) is 30.4 Å². The van der Waals surface area contributed by atoms with Crippen molar-refractivity contribution in [2.75, 3.05) is 13.2 Å². The SMILES string of the molecule is O=C(NCC=Cc1ccc(Cc2ccccc2)cc1)OCC1c2ccccc2-c2ccccc21. The first kappa shape index (κ1) is 21.7. The Morgan fingerprint density at radius 2 is 1.32 bits per heavy atom. The van der Waals surface area contributed by atoms with E-state index in [1.54, 1.807) is 0 Å². The molecule has 0 heterocycles. The second-order valence-electron chi connectivity index (χ2n) is 8.51. The Morgan fingerprint density at radius 1 is 0.735 bits per heavy atom. The summed E-state index contributed by atoms with van der Waals surface area (Å²) in [5.41, 5.74) is 8.57. The normalized spacial score (nSPS) is 12.4. The average Bonchev–Trinajstić information content (AvgIpc) is 3.21. The molecule has 0 aliphatic heterocycles. The summed E-state index contributed by atoms with van der Waals surface area (Å²) < 4.78 is 5.58. The molecule has 1 aliphatic rings. The number of carbonyl (C=O) groups excluding carboxylic acids is 1. The van der Waals surface area contributed by atoms with E-state index in [0.29, 0.717) is 13.2 Å². The zero-order valence-electron chi connectivity index (χ0n) is 19.0. The second-order valence-corrected chi connectivity index (χ2v) is 8.51. The van der Waals surface area contributed by atoms with Crippen LogP contribution in [0.3, 0.4) is 0 Å². The fourth-order valence-electron chi connectivity index (χ4n) is 4.56. The molecule has 0 atom stereocenters. The molecule has 34 heavy (non-hydrogen) atoms. The standard InChI is InChI=1S/C31H27NO2/c33-31(34-22-30-28-14-6-4-12-26(28)27-13-5-7-15-29(27)30)32-20-8-11-23-16-18-25(19-17-23)21-24-9-2-1-3-10-24/h1-19,30H,20-22H2,(H,32,33). The first-order valence-corrected chi connectivity index (χ1v) is 11.7. The summed E-state index contributed by atoms with van der Waals surface area (Å²) in [6.45, 7) is 0.745. The summed E-state index contributed by atoms with van der Waals surface area (Å²) in [5.74, 6) is 0.0723. The second kappa shape index (κ2) is 10.2. The van der Waals surface area contributed by atoms with Crippen LogP contribution in [0.25, 0.3) is 17.2 Å². The molecule has 0 saturated heterocycles. The molecule has 5 rings (SSSR count). The molecule has 1 amide bonds. The van der Waals surface area contributed by atoms with Crippen LogP contribution in [-0.4, -0.2) is 19.2 Å². The number of amides is 1. The summed E-state index contributed by atoms with van der Waals surface area (Å²) in [7, 11) is 0. The topological polar surface area (TPSA) is 38.3 Å². The lowest BCUT2D eigenvalue weighted by molar-refractivity contribution is 0.144. The van der Waals surface area contributed by atoms with E-state index >= 15 is 0 Å². The molecule has 0 bridgehead atoms. The Labute approximate surface area is 200 Å². The fourth-order valence-corrected chi connectivity index (χ4v) is 4.56. The third-order valence-electron chi connectivity index (χ3n) is 6.25. The molecule has 3 nitrogen and oxygen atoms in total. The van der Waals surface area contributed by atoms with Crippen molar-refractivity contribution in [2.45, 2.75) is 12.3 Å². The predicted molar refractivity (Wildman–Crippen MR) is 138 cm³/mol. The van der Waals surface area contributed by atoms with Gasteiger partial charge in [0.15, 0.2) is 0 Å². The van der Waals surface area contributed by atoms with E-state index in [-0.39, 0.29) is 5.92 Å². The first-order chi connectivity index (χ1) is 16.8. The van der Waals surface area contributed by atoms with Gasteiger partial charge in [-0.15, -0.1) is 0 Å². The maximum atomic E-state index is 12.3. The van der Waals surface area contributed by atoms with Gasteiger partial charge in [0.2, 0.25) is 0 Å². The summed E-state index contributed by atoms with van der Waals surface area (Å²) >= 11 is 0. The van der Waals surface area contributed by atoms with Gasteiger partial charge in [-0.05, 0) is 45.4 Å². The van der Waals surface area contributed by atoms with E-state index in [2.05, 4.69) is 90.2 Å². The molecular formula is C31H27NO2. The van der Waals surface area contributed by atoms with E-state index in [0.717, 1.165) is 12.0 Å². The monoisotopic (exact) mass is 445 g/mol. The average molecular weight is 446 g/mol. The lowest BCUT2D eigenvalue weighted by Crippen LogP contribution is -2.26. The molecule has 0 fully saturated rings. The van der Waals surface area contributed by atoms with Crippen LogP contribution >= 0.6 is 0 Å². The van der Waals surface area contributed by atoms with Crippen LogP contribution in [0.5, 0.6) is 0 Å². The van der Waals surface area contributed by atoms with Crippen molar-refractivity contribution in [1.82, 2.24) is 5.32 Å². The number of hydrogen-bond acceptors (Lipinski definition) is 2. The van der Waals surface area contributed by atoms with Gasteiger partial charge in [0.05, 0.1) is 0 Å². The van der Waals surface area contributed by atoms with Crippen LogP contribution in [0.2, 0.25) is 0 Å². The maximum Gasteiger partial charge on any atom is 0.407 e. The predicted octanol–water partition coefficient (Wildman–Crippen LogP) is 6.83. The number of benzene rings is 4. The molecule has 0 radical (unpaired) electrons. The number of carbonyl (C=O) groups is 1. The third-order valence-corrected chi connectivity index (χ3v) is 6.25. The summed E-state index contributed by atoms with van der Waals surface area (Å²) in [5, 5.41) is 2.82. The summed E-state index contributed by atoms with van der Waals surface area (Å²) in [4.78, 5) is 12.3. The largest absolute Gasteiger partial charge is 0.449 e. The van der Waals surface area contributed by atoms with Crippen molar-refractivity contribution >= 4 is 12.2 Å². The van der Waals surface area contributed by atoms with Crippen LogP contribution in [0.1, 0.15) is 33.7 Å². The molecule has 1 aliphatic carbocycles. The van der Waals surface area contributed by atoms with Crippen molar-refractivity contribution in [3.05, 3.63) is 137 Å². The van der Waals surface area contributed by atoms with Crippen molar-refractivity contribution in [3.63, 3.8) is 0 Å². The highest BCUT2D eigenvalue weighted by atomic mass is 16.5. The Bertz CT molecular complexity index is 1250. The number of hydrogen-bond donors (Lipinski definition) is 1. The van der Waals surface area contributed by atoms with Crippen molar-refractivity contribution in [2.24, 2.45) is 0 Å². The number of rotatable bonds is 7. The molecule has 0 spiro atoms. The van der Waals surface area contributed by atoms with E-state index in [4.69, 9.17) is 4.74 Å². The molecule has 0 unspecified atom stereocenters. The molecule has 168 valence electrons. The van der Waals surface area contributed by atoms with Crippen LogP contribution in [0, 0.1) is 0 Å². The number of fused-ring (bicyclic) bond motifs is 3. The Hall–Kier alpha value is -4.11. The van der Waals surface area contributed by atoms with Crippen LogP contribution in [0.15, 0.2) is 109 Å². The van der Waals surface area contributed by atoms with Gasteiger partial charge in [-0.3, -0.25) is 0 Å². The number of nitrogens with one attached hydrogen (secondary N) is 1. The van der Waals surface area contributed by atoms with Gasteiger partial charge in [-0.2, -0.15) is 0 Å². The van der Waals surface area contributed by atoms with Gasteiger partial charge in [-0.1, -0.05) is 115 Å². The Morgan fingerprint density at radius 3 is 2.00 bits per heavy atom. The highest BCUT2D eigenvalue weighted by molar-refractivity contribution is 5.79. The quantitative estimate of drug-likeness (QED) is 0.339. The van der Waals surface area contributed by atoms with Crippen LogP contribution in [0.4, 0.5) is 4.79 Å². The minimum absolute atomic E-state index is 0.0723. The van der Waals surface area contributed by atoms with Gasteiger partial charge in [0.25, 0.3) is 0 Å². The van der Waals surface area contributed by atoms with Gasteiger partial charge in [0, 0.05) is 12.5 Å². The Kier molecular flexibility index (Phi) is 6.53. The highest BCUT2D eigenvalue weighted by Crippen LogP contribution is 2.44. The molecule has 4 aromatic rings. The zero-order valence-corrected chi connectivity index (χ0v) is 19.0. The summed E-state index contributed by atoms with van der Waals surface area (Å²) in [6.07, 6.45) is 4.47. The zero-order chi connectivity index (χ0) is 23.2. The smallest absolute Gasteiger partial charge is 0.407 e. The molecule has 0 saturated carbocycles. The molecule has 4 aromatic carbocycles. The highest BCUT2D eigenvalue weighted by Gasteiger charge is 2.28. The minimum Gasteiger partial charge on any atom is -0.449 e. The van der Waals surface area contributed by atoms with Crippen molar-refractivity contribution in [3.8, 4) is 11.1 Å². The minimum atomic E-state index is -0.398. The van der Waals surface area contributed by atoms with Crippen molar-refractivity contribution in [1.29, 1.82) is 0 Å². The Balaban J connectivity index is 1.11. The van der Waals surface area contributed by atoms with Crippen molar-refractivity contribution < 1.29 is 9.53 Å². The number of ether oxygens (including phenoxy) is 1. The van der Waals surface area contributed by atoms with Gasteiger partial charge < -0.3 is 10.1 Å². The molecular weight excluding hydrogens is 418 g/mol. The summed E-state index contributed by atoms with van der Waals surface area (Å²) in [6, 6.07) is 35.6. The van der Waals surface area contributed by atoms with E-state index < -0.39 is 6.09 Å². The number of alkyl carbamates (subject to hydrolysis) is 1. The van der Waals surface area contributed by atoms with Gasteiger partial charge in [0.1, 0.15) is 6.61 Å². The lowest BCUT2D eigenvalue weighted by Gasteiger charge is -2.14. The van der Waals surface area contributed by atoms with Crippen LogP contribution in [-0.2, 0) is 11.2 Å². The van der Waals surface area contributed by atoms with Crippen LogP contribution < -0.4 is 5.32 Å². The lowest BCUT2D eigenvalue weighted by atomic mass is 9.98. The van der Waals surface area contributed by atoms with Gasteiger partial charge >= 0.3 is 6.09 Å². The first-order valence-electron chi connectivity index (χ1n) is 11.7. The maximum absolute atomic E-state index is 12.3. The van der Waals surface area contributed by atoms with E-state index in [9.17, 15) is 4.79 Å². The molecule has 1 N–H and O–H groups in total. The van der Waals surface area contributed by atoms with E-state index in [1.165, 1.54) is 33.4 Å². The molecule has 0 aromatic heterocycles. The fraction of sp³-hybridized carbons (Fsp3) is 0.129. The molecule has 3 heteroatoms. The third kappa shape index (κ3) is 4.94.